The van der Waals surface area contributed by atoms with E-state index in [1.165, 1.54) is 12.8 Å². The van der Waals surface area contributed by atoms with Gasteiger partial charge in [-0.3, -0.25) is 0 Å². The van der Waals surface area contributed by atoms with Crippen molar-refractivity contribution in [2.24, 2.45) is 0 Å². The van der Waals surface area contributed by atoms with Crippen LogP contribution in [0, 0.1) is 0 Å². The van der Waals surface area contributed by atoms with Gasteiger partial charge >= 0.3 is 7.32 Å². The van der Waals surface area contributed by atoms with Crippen LogP contribution in [0.25, 0.3) is 0 Å². The van der Waals surface area contributed by atoms with Crippen LogP contribution in [0.1, 0.15) is 31.7 Å². The van der Waals surface area contributed by atoms with Crippen LogP contribution in [0.2, 0.25) is 0 Å². The van der Waals surface area contributed by atoms with Gasteiger partial charge in [-0.25, -0.2) is 0 Å². The minimum Gasteiger partial charge on any atom is -0.511 e. The first-order valence-electron chi connectivity index (χ1n) is 5.88. The Kier molecular flexibility index (Phi) is 4.25. The second-order valence-electron chi connectivity index (χ2n) is 3.90. The Morgan fingerprint density at radius 3 is 3.06 bits per heavy atom. The zero-order valence-electron chi connectivity index (χ0n) is 9.65. The first-order chi connectivity index (χ1) is 7.90. The van der Waals surface area contributed by atoms with E-state index in [1.54, 1.807) is 0 Å². The number of unbranched alkanes of at least 4 members (excludes halogenated alkanes) is 2. The molecule has 0 saturated carbocycles. The summed E-state index contributed by atoms with van der Waals surface area (Å²) in [6.07, 6.45) is 3.43. The van der Waals surface area contributed by atoms with Gasteiger partial charge in [0.25, 0.3) is 0 Å². The lowest BCUT2D eigenvalue weighted by atomic mass is 10.1. The SMILES string of the molecule is CCCCCOB1OCc2ccccc2O1. The molecule has 0 aliphatic carbocycles. The van der Waals surface area contributed by atoms with Crippen molar-refractivity contribution in [2.45, 2.75) is 32.8 Å². The molecule has 0 aromatic heterocycles. The standard InChI is InChI=1S/C12H17BO3/c1-2-3-6-9-14-13-15-10-11-7-4-5-8-12(11)16-13/h4-5,7-8H,2-3,6,9-10H2,1H3. The fraction of sp³-hybridized carbons (Fsp3) is 0.500. The number of rotatable bonds is 5. The first-order valence-corrected chi connectivity index (χ1v) is 5.88. The van der Waals surface area contributed by atoms with Gasteiger partial charge in [0.2, 0.25) is 0 Å². The molecule has 0 spiro atoms. The Bertz CT molecular complexity index is 330. The summed E-state index contributed by atoms with van der Waals surface area (Å²) in [6, 6.07) is 7.88. The highest BCUT2D eigenvalue weighted by molar-refractivity contribution is 6.37. The maximum Gasteiger partial charge on any atom is 0.713 e. The molecule has 0 radical (unpaired) electrons. The number of para-hydroxylation sites is 1. The van der Waals surface area contributed by atoms with E-state index in [9.17, 15) is 0 Å². The predicted molar refractivity (Wildman–Crippen MR) is 63.1 cm³/mol. The molecule has 1 aliphatic heterocycles. The number of hydrogen-bond acceptors (Lipinski definition) is 3. The highest BCUT2D eigenvalue weighted by atomic mass is 16.7. The molecule has 1 aliphatic rings. The summed E-state index contributed by atoms with van der Waals surface area (Å²) >= 11 is 0. The van der Waals surface area contributed by atoms with E-state index < -0.39 is 7.32 Å². The van der Waals surface area contributed by atoms with E-state index in [1.807, 2.05) is 24.3 Å². The van der Waals surface area contributed by atoms with Gasteiger partial charge in [0.05, 0.1) is 6.61 Å². The van der Waals surface area contributed by atoms with E-state index >= 15 is 0 Å². The maximum absolute atomic E-state index is 5.57. The van der Waals surface area contributed by atoms with Crippen LogP contribution >= 0.6 is 0 Å². The summed E-state index contributed by atoms with van der Waals surface area (Å²) < 4.78 is 16.5. The third kappa shape index (κ3) is 3.00. The van der Waals surface area contributed by atoms with Gasteiger partial charge in [-0.1, -0.05) is 38.0 Å². The second kappa shape index (κ2) is 5.92. The van der Waals surface area contributed by atoms with Gasteiger partial charge in [-0.05, 0) is 12.5 Å². The third-order valence-corrected chi connectivity index (χ3v) is 2.57. The molecule has 86 valence electrons. The van der Waals surface area contributed by atoms with E-state index in [0.717, 1.165) is 17.7 Å². The molecule has 0 fully saturated rings. The van der Waals surface area contributed by atoms with Crippen molar-refractivity contribution in [3.8, 4) is 5.75 Å². The van der Waals surface area contributed by atoms with E-state index in [4.69, 9.17) is 14.0 Å². The lowest BCUT2D eigenvalue weighted by Crippen LogP contribution is -2.34. The summed E-state index contributed by atoms with van der Waals surface area (Å²) in [4.78, 5) is 0. The van der Waals surface area contributed by atoms with Crippen LogP contribution in [-0.2, 0) is 15.9 Å². The van der Waals surface area contributed by atoms with Crippen molar-refractivity contribution in [1.82, 2.24) is 0 Å². The molecule has 1 aromatic rings. The minimum absolute atomic E-state index is 0.535. The summed E-state index contributed by atoms with van der Waals surface area (Å²) in [6.45, 7) is 3.43. The van der Waals surface area contributed by atoms with Crippen molar-refractivity contribution in [3.05, 3.63) is 29.8 Å². The molecule has 2 rings (SSSR count). The summed E-state index contributed by atoms with van der Waals surface area (Å²) in [5.41, 5.74) is 1.08. The first kappa shape index (κ1) is 11.5. The Morgan fingerprint density at radius 1 is 1.31 bits per heavy atom. The van der Waals surface area contributed by atoms with Crippen LogP contribution in [-0.4, -0.2) is 13.9 Å². The largest absolute Gasteiger partial charge is 0.713 e. The van der Waals surface area contributed by atoms with Gasteiger partial charge < -0.3 is 14.0 Å². The van der Waals surface area contributed by atoms with Crippen LogP contribution < -0.4 is 4.65 Å². The van der Waals surface area contributed by atoms with Gasteiger partial charge in [0, 0.05) is 12.2 Å². The van der Waals surface area contributed by atoms with Crippen molar-refractivity contribution < 1.29 is 14.0 Å². The lowest BCUT2D eigenvalue weighted by Gasteiger charge is -2.22. The van der Waals surface area contributed by atoms with Crippen molar-refractivity contribution >= 4 is 7.32 Å². The Labute approximate surface area is 96.9 Å². The van der Waals surface area contributed by atoms with Crippen LogP contribution in [0.3, 0.4) is 0 Å². The van der Waals surface area contributed by atoms with Crippen molar-refractivity contribution in [3.63, 3.8) is 0 Å². The zero-order chi connectivity index (χ0) is 11.2. The van der Waals surface area contributed by atoms with Gasteiger partial charge in [-0.2, -0.15) is 0 Å². The van der Waals surface area contributed by atoms with E-state index in [2.05, 4.69) is 6.92 Å². The molecule has 0 saturated heterocycles. The highest BCUT2D eigenvalue weighted by Gasteiger charge is 2.29. The molecule has 1 aromatic carbocycles. The predicted octanol–water partition coefficient (Wildman–Crippen LogP) is 2.79. The molecule has 0 atom stereocenters. The average molecular weight is 220 g/mol. The Morgan fingerprint density at radius 2 is 2.19 bits per heavy atom. The van der Waals surface area contributed by atoms with E-state index in [0.29, 0.717) is 13.2 Å². The normalized spacial score (nSPS) is 14.4. The highest BCUT2D eigenvalue weighted by Crippen LogP contribution is 2.24. The molecular formula is C12H17BO3. The second-order valence-corrected chi connectivity index (χ2v) is 3.90. The third-order valence-electron chi connectivity index (χ3n) is 2.57. The summed E-state index contributed by atoms with van der Waals surface area (Å²) in [7, 11) is -0.535. The van der Waals surface area contributed by atoms with Gasteiger partial charge in [0.15, 0.2) is 0 Å². The maximum atomic E-state index is 5.57. The quantitative estimate of drug-likeness (QED) is 0.564. The molecule has 0 unspecified atom stereocenters. The summed E-state index contributed by atoms with van der Waals surface area (Å²) in [5.74, 6) is 0.870. The van der Waals surface area contributed by atoms with Gasteiger partial charge in [0.1, 0.15) is 5.75 Å². The van der Waals surface area contributed by atoms with Crippen molar-refractivity contribution in [2.75, 3.05) is 6.61 Å². The van der Waals surface area contributed by atoms with Gasteiger partial charge in [-0.15, -0.1) is 0 Å². The Hall–Kier alpha value is -0.995. The fourth-order valence-electron chi connectivity index (χ4n) is 1.65. The van der Waals surface area contributed by atoms with Crippen LogP contribution in [0.4, 0.5) is 0 Å². The molecule has 0 amide bonds. The van der Waals surface area contributed by atoms with Crippen molar-refractivity contribution in [1.29, 1.82) is 0 Å². The molecule has 3 nitrogen and oxygen atoms in total. The fourth-order valence-corrected chi connectivity index (χ4v) is 1.65. The monoisotopic (exact) mass is 220 g/mol. The molecule has 1 heterocycles. The Balaban J connectivity index is 1.79. The molecule has 0 bridgehead atoms. The minimum atomic E-state index is -0.535. The lowest BCUT2D eigenvalue weighted by molar-refractivity contribution is 0.115. The van der Waals surface area contributed by atoms with Crippen LogP contribution in [0.15, 0.2) is 24.3 Å². The van der Waals surface area contributed by atoms with E-state index in [-0.39, 0.29) is 0 Å². The number of fused-ring (bicyclic) bond motifs is 1. The number of benzene rings is 1. The average Bonchev–Trinajstić information content (AvgIpc) is 2.34. The number of hydrogen-bond donors (Lipinski definition) is 0. The van der Waals surface area contributed by atoms with Crippen LogP contribution in [0.5, 0.6) is 5.75 Å². The zero-order valence-corrected chi connectivity index (χ0v) is 9.65. The topological polar surface area (TPSA) is 27.7 Å². The molecule has 4 heteroatoms. The summed E-state index contributed by atoms with van der Waals surface area (Å²) in [5, 5.41) is 0. The molecule has 16 heavy (non-hydrogen) atoms. The molecule has 0 N–H and O–H groups in total. The smallest absolute Gasteiger partial charge is 0.511 e. The molecular weight excluding hydrogens is 203 g/mol.